The van der Waals surface area contributed by atoms with Gasteiger partial charge in [-0.1, -0.05) is 6.92 Å². The van der Waals surface area contributed by atoms with E-state index in [-0.39, 0.29) is 24.6 Å². The van der Waals surface area contributed by atoms with Crippen LogP contribution in [0, 0.1) is 5.92 Å². The normalized spacial score (nSPS) is 20.2. The van der Waals surface area contributed by atoms with Crippen molar-refractivity contribution in [2.75, 3.05) is 26.2 Å². The van der Waals surface area contributed by atoms with Gasteiger partial charge in [0.15, 0.2) is 0 Å². The van der Waals surface area contributed by atoms with Crippen molar-refractivity contribution >= 4 is 12.0 Å². The summed E-state index contributed by atoms with van der Waals surface area (Å²) in [5.74, 6) is 0.400. The van der Waals surface area contributed by atoms with Gasteiger partial charge in [-0.3, -0.25) is 4.79 Å². The van der Waals surface area contributed by atoms with Gasteiger partial charge in [0.1, 0.15) is 6.54 Å². The molecule has 2 amide bonds. The van der Waals surface area contributed by atoms with Crippen LogP contribution in [0.1, 0.15) is 39.5 Å². The first-order chi connectivity index (χ1) is 9.11. The van der Waals surface area contributed by atoms with Crippen molar-refractivity contribution < 1.29 is 14.3 Å². The molecular formula is C14H24N2O3. The largest absolute Gasteiger partial charge is 0.465 e. The van der Waals surface area contributed by atoms with Crippen molar-refractivity contribution in [3.8, 4) is 0 Å². The summed E-state index contributed by atoms with van der Waals surface area (Å²) in [6, 6.07) is 0.263. The van der Waals surface area contributed by atoms with Crippen molar-refractivity contribution in [2.24, 2.45) is 5.92 Å². The Kier molecular flexibility index (Phi) is 4.66. The van der Waals surface area contributed by atoms with Gasteiger partial charge < -0.3 is 14.5 Å². The van der Waals surface area contributed by atoms with Crippen LogP contribution >= 0.6 is 0 Å². The van der Waals surface area contributed by atoms with Gasteiger partial charge >= 0.3 is 12.0 Å². The molecule has 0 aromatic carbocycles. The summed E-state index contributed by atoms with van der Waals surface area (Å²) < 4.78 is 4.95. The molecule has 5 nitrogen and oxygen atoms in total. The number of nitrogens with zero attached hydrogens (tertiary/aromatic N) is 2. The lowest BCUT2D eigenvalue weighted by Crippen LogP contribution is -2.49. The molecule has 2 aliphatic rings. The molecule has 1 saturated carbocycles. The van der Waals surface area contributed by atoms with Gasteiger partial charge in [-0.25, -0.2) is 4.79 Å². The molecule has 1 heterocycles. The zero-order chi connectivity index (χ0) is 13.8. The van der Waals surface area contributed by atoms with Crippen molar-refractivity contribution in [3.05, 3.63) is 0 Å². The predicted octanol–water partition coefficient (Wildman–Crippen LogP) is 1.87. The molecule has 1 aliphatic carbocycles. The maximum atomic E-state index is 12.5. The number of likely N-dealkylation sites (tertiary alicyclic amines) is 1. The monoisotopic (exact) mass is 268 g/mol. The molecule has 0 spiro atoms. The van der Waals surface area contributed by atoms with Crippen molar-refractivity contribution in [1.29, 1.82) is 0 Å². The summed E-state index contributed by atoms with van der Waals surface area (Å²) in [6.45, 7) is 6.10. The maximum absolute atomic E-state index is 12.5. The Balaban J connectivity index is 1.91. The molecule has 0 N–H and O–H groups in total. The second-order valence-corrected chi connectivity index (χ2v) is 5.62. The number of ether oxygens (including phenoxy) is 1. The number of amides is 2. The molecular weight excluding hydrogens is 244 g/mol. The first kappa shape index (κ1) is 14.2. The van der Waals surface area contributed by atoms with E-state index in [2.05, 4.69) is 6.92 Å². The van der Waals surface area contributed by atoms with Gasteiger partial charge in [0, 0.05) is 19.1 Å². The van der Waals surface area contributed by atoms with E-state index in [9.17, 15) is 9.59 Å². The van der Waals surface area contributed by atoms with E-state index < -0.39 is 0 Å². The zero-order valence-electron chi connectivity index (χ0n) is 11.9. The Labute approximate surface area is 114 Å². The van der Waals surface area contributed by atoms with Gasteiger partial charge in [-0.2, -0.15) is 0 Å². The minimum absolute atomic E-state index is 0.0162. The molecule has 2 fully saturated rings. The number of carbonyl (C=O) groups is 2. The fourth-order valence-corrected chi connectivity index (χ4v) is 2.47. The second kappa shape index (κ2) is 6.26. The fourth-order valence-electron chi connectivity index (χ4n) is 2.47. The first-order valence-electron chi connectivity index (χ1n) is 7.33. The lowest BCUT2D eigenvalue weighted by molar-refractivity contribution is -0.144. The van der Waals surface area contributed by atoms with E-state index in [0.717, 1.165) is 38.8 Å². The molecule has 0 unspecified atom stereocenters. The average molecular weight is 268 g/mol. The van der Waals surface area contributed by atoms with Crippen molar-refractivity contribution in [1.82, 2.24) is 9.80 Å². The second-order valence-electron chi connectivity index (χ2n) is 5.62. The Hall–Kier alpha value is -1.26. The lowest BCUT2D eigenvalue weighted by Gasteiger charge is -2.34. The topological polar surface area (TPSA) is 49.9 Å². The first-order valence-corrected chi connectivity index (χ1v) is 7.33. The molecule has 108 valence electrons. The number of hydrogen-bond acceptors (Lipinski definition) is 3. The van der Waals surface area contributed by atoms with E-state index in [1.807, 2.05) is 4.90 Å². The smallest absolute Gasteiger partial charge is 0.325 e. The predicted molar refractivity (Wildman–Crippen MR) is 71.7 cm³/mol. The van der Waals surface area contributed by atoms with Crippen LogP contribution in [-0.4, -0.2) is 54.1 Å². The third kappa shape index (κ3) is 3.85. The van der Waals surface area contributed by atoms with Gasteiger partial charge in [0.05, 0.1) is 6.61 Å². The number of urea groups is 1. The average Bonchev–Trinajstić information content (AvgIpc) is 3.21. The molecule has 0 aromatic heterocycles. The van der Waals surface area contributed by atoms with Gasteiger partial charge in [-0.05, 0) is 38.5 Å². The van der Waals surface area contributed by atoms with E-state index in [1.54, 1.807) is 11.8 Å². The minimum atomic E-state index is -0.298. The standard InChI is InChI=1S/C14H24N2O3/c1-3-19-13(17)10-16(12-4-5-12)14(18)15-8-6-11(2)7-9-15/h11-12H,3-10H2,1-2H3. The fraction of sp³-hybridized carbons (Fsp3) is 0.857. The summed E-state index contributed by atoms with van der Waals surface area (Å²) in [5.41, 5.74) is 0. The molecule has 19 heavy (non-hydrogen) atoms. The molecule has 0 radical (unpaired) electrons. The van der Waals surface area contributed by atoms with E-state index >= 15 is 0 Å². The van der Waals surface area contributed by atoms with Crippen LogP contribution in [-0.2, 0) is 9.53 Å². The van der Waals surface area contributed by atoms with E-state index in [0.29, 0.717) is 12.5 Å². The summed E-state index contributed by atoms with van der Waals surface area (Å²) in [4.78, 5) is 27.6. The van der Waals surface area contributed by atoms with Crippen LogP contribution in [0.3, 0.4) is 0 Å². The quantitative estimate of drug-likeness (QED) is 0.731. The SMILES string of the molecule is CCOC(=O)CN(C(=O)N1CCC(C)CC1)C1CC1. The number of piperidine rings is 1. The molecule has 1 aliphatic heterocycles. The van der Waals surface area contributed by atoms with Gasteiger partial charge in [-0.15, -0.1) is 0 Å². The van der Waals surface area contributed by atoms with E-state index in [4.69, 9.17) is 4.74 Å². The Morgan fingerprint density at radius 2 is 1.84 bits per heavy atom. The summed E-state index contributed by atoms with van der Waals surface area (Å²) in [6.07, 6.45) is 4.14. The Bertz CT molecular complexity index is 334. The summed E-state index contributed by atoms with van der Waals surface area (Å²) >= 11 is 0. The summed E-state index contributed by atoms with van der Waals surface area (Å²) in [7, 11) is 0. The van der Waals surface area contributed by atoms with Gasteiger partial charge in [0.2, 0.25) is 0 Å². The third-order valence-corrected chi connectivity index (χ3v) is 3.89. The number of rotatable bonds is 4. The molecule has 0 atom stereocenters. The van der Waals surface area contributed by atoms with Crippen molar-refractivity contribution in [2.45, 2.75) is 45.6 Å². The Morgan fingerprint density at radius 3 is 2.37 bits per heavy atom. The summed E-state index contributed by atoms with van der Waals surface area (Å²) in [5, 5.41) is 0. The van der Waals surface area contributed by atoms with Crippen LogP contribution in [0.5, 0.6) is 0 Å². The molecule has 2 rings (SSSR count). The van der Waals surface area contributed by atoms with Crippen LogP contribution in [0.15, 0.2) is 0 Å². The highest BCUT2D eigenvalue weighted by atomic mass is 16.5. The molecule has 0 bridgehead atoms. The van der Waals surface area contributed by atoms with Gasteiger partial charge in [0.25, 0.3) is 0 Å². The molecule has 0 aromatic rings. The van der Waals surface area contributed by atoms with Crippen molar-refractivity contribution in [3.63, 3.8) is 0 Å². The van der Waals surface area contributed by atoms with Crippen LogP contribution in [0.25, 0.3) is 0 Å². The van der Waals surface area contributed by atoms with E-state index in [1.165, 1.54) is 0 Å². The van der Waals surface area contributed by atoms with Crippen LogP contribution in [0.4, 0.5) is 4.79 Å². The van der Waals surface area contributed by atoms with Crippen LogP contribution in [0.2, 0.25) is 0 Å². The number of esters is 1. The lowest BCUT2D eigenvalue weighted by atomic mass is 9.99. The zero-order valence-corrected chi connectivity index (χ0v) is 11.9. The third-order valence-electron chi connectivity index (χ3n) is 3.89. The highest BCUT2D eigenvalue weighted by Crippen LogP contribution is 2.28. The highest BCUT2D eigenvalue weighted by molar-refractivity contribution is 5.81. The maximum Gasteiger partial charge on any atom is 0.325 e. The number of hydrogen-bond donors (Lipinski definition) is 0. The molecule has 1 saturated heterocycles. The highest BCUT2D eigenvalue weighted by Gasteiger charge is 2.37. The van der Waals surface area contributed by atoms with Crippen LogP contribution < -0.4 is 0 Å². The Morgan fingerprint density at radius 1 is 1.21 bits per heavy atom. The number of carbonyl (C=O) groups excluding carboxylic acids is 2. The minimum Gasteiger partial charge on any atom is -0.465 e. The molecule has 5 heteroatoms.